The van der Waals surface area contributed by atoms with E-state index in [1.165, 1.54) is 30.3 Å². The molecule has 0 bridgehead atoms. The molecule has 6 aromatic carbocycles. The summed E-state index contributed by atoms with van der Waals surface area (Å²) in [6, 6.07) is 44.6. The summed E-state index contributed by atoms with van der Waals surface area (Å²) in [5.74, 6) is 12.1. The fourth-order valence-electron chi connectivity index (χ4n) is 11.9. The summed E-state index contributed by atoms with van der Waals surface area (Å²) in [6.07, 6.45) is 4.28. The minimum Gasteiger partial charge on any atom is -1.00 e. The summed E-state index contributed by atoms with van der Waals surface area (Å²) in [4.78, 5) is 77.6. The maximum atomic E-state index is 12.2. The molecule has 3 fully saturated rings. The number of alkyl halides is 9. The van der Waals surface area contributed by atoms with Gasteiger partial charge < -0.3 is 85.5 Å². The molecule has 830 valence electrons. The van der Waals surface area contributed by atoms with E-state index < -0.39 is 95.2 Å². The average Bonchev–Trinajstić information content (AvgIpc) is 0.855. The average molecular weight is 2640 g/mol. The Bertz CT molecular complexity index is 4870. The van der Waals surface area contributed by atoms with Gasteiger partial charge in [0.05, 0.1) is 37.6 Å². The van der Waals surface area contributed by atoms with E-state index in [0.717, 1.165) is 104 Å². The third-order valence-corrected chi connectivity index (χ3v) is 21.7. The number of hydrogen-bond acceptors (Lipinski definition) is 25. The Morgan fingerprint density at radius 3 is 1.04 bits per heavy atom. The van der Waals surface area contributed by atoms with Gasteiger partial charge in [-0.05, 0) is 411 Å². The molecule has 0 unspecified atom stereocenters. The summed E-state index contributed by atoms with van der Waals surface area (Å²) >= 11 is 14.1. The number of aromatic hydroxyl groups is 1. The molecule has 0 aliphatic heterocycles. The first-order valence-corrected chi connectivity index (χ1v) is 51.9. The van der Waals surface area contributed by atoms with E-state index in [2.05, 4.69) is 139 Å². The zero-order chi connectivity index (χ0) is 113. The van der Waals surface area contributed by atoms with Crippen LogP contribution in [0.2, 0.25) is 0 Å². The second-order valence-electron chi connectivity index (χ2n) is 34.9. The minimum absolute atomic E-state index is 0. The molecule has 0 aromatic heterocycles. The van der Waals surface area contributed by atoms with Crippen LogP contribution in [0.4, 0.5) is 39.5 Å². The molecule has 0 heterocycles. The number of nitrogens with two attached hydrogens (primary N) is 1. The second-order valence-corrected chi connectivity index (χ2v) is 40.1. The van der Waals surface area contributed by atoms with E-state index in [1.54, 1.807) is 89.2 Å². The molecule has 6 atom stereocenters. The van der Waals surface area contributed by atoms with Crippen molar-refractivity contribution in [3.05, 3.63) is 171 Å². The Hall–Kier alpha value is -4.94. The molecule has 8 N–H and O–H groups in total. The van der Waals surface area contributed by atoms with E-state index in [-0.39, 0.29) is 180 Å². The molecule has 0 saturated heterocycles. The van der Waals surface area contributed by atoms with Gasteiger partial charge in [-0.3, -0.25) is 28.8 Å². The number of rotatable bonds is 28. The number of aliphatic hydroxyl groups excluding tert-OH is 1. The predicted octanol–water partition coefficient (Wildman–Crippen LogP) is 18.5. The number of phenols is 1. The number of nitrogens with one attached hydrogen (secondary N) is 1. The number of carbonyl (C=O) groups excluding carboxylic acids is 7. The summed E-state index contributed by atoms with van der Waals surface area (Å²) in [5, 5.41) is 56.3. The van der Waals surface area contributed by atoms with Crippen LogP contribution in [-0.2, 0) is 57.4 Å². The maximum Gasteiger partial charge on any atom is 1.00 e. The van der Waals surface area contributed by atoms with Gasteiger partial charge >= 0.3 is 145 Å². The first-order chi connectivity index (χ1) is 68.5. The normalized spacial score (nSPS) is 14.3. The number of carbonyl (C=O) groups is 7. The zero-order valence-electron chi connectivity index (χ0n) is 89.7. The van der Waals surface area contributed by atoms with Crippen LogP contribution in [0, 0.1) is 50.3 Å². The van der Waals surface area contributed by atoms with Crippen molar-refractivity contribution in [1.29, 1.82) is 0 Å². The van der Waals surface area contributed by atoms with Gasteiger partial charge in [0, 0.05) is 72.5 Å². The molecular weight excluding hydrogens is 2490 g/mol. The Morgan fingerprint density at radius 1 is 0.503 bits per heavy atom. The SMILES string of the molecule is C.C#CC1(O)CCCCC1.CCOC(=O)C(F)(F)F.CCOC(C)=O.C[C@@H](CCC(=O)C(F)(F)F)Oc1cccc(C#CC2(O)CCCCC2)c1.C[C@@H](CCC(=O)C(F)(F)F)Oc1cccc(I)c1.C[C@@H](CCC(=O)OC(C)(C)C)Oc1cccc(I)c1.C[C@@H](CN)Oc1cccc(C#CC2(O)CCCCC2)c1.C[C@@H](CNCl)Oc1cccc(I)c1.C[C@@H](O)CCC(=O)OC(C)(C)C.O=CO[O-].Oc1cccc(I)c1.[2H]CC.[H-].[K+].[K+]. The number of ketones is 2. The third-order valence-electron chi connectivity index (χ3n) is 18.9. The number of hydrogen-bond donors (Lipinski definition) is 7. The minimum atomic E-state index is -4.85. The van der Waals surface area contributed by atoms with E-state index in [1.807, 2.05) is 153 Å². The molecule has 0 radical (unpaired) electrons. The maximum absolute atomic E-state index is 12.2. The number of esters is 4. The van der Waals surface area contributed by atoms with Crippen LogP contribution in [-0.4, -0.2) is 177 Å². The van der Waals surface area contributed by atoms with Crippen LogP contribution >= 0.6 is 102 Å². The number of phenolic OH excluding ortho intramolecular Hbond substituents is 1. The number of ether oxygens (including phenoxy) is 9. The molecule has 0 amide bonds. The number of terminal acetylenes is 1. The van der Waals surface area contributed by atoms with Crippen LogP contribution < -0.4 is 142 Å². The molecule has 6 aromatic rings. The Balaban J connectivity index is -0.000000309. The van der Waals surface area contributed by atoms with Gasteiger partial charge in [-0.2, -0.15) is 39.5 Å². The Labute approximate surface area is 1020 Å². The smallest absolute Gasteiger partial charge is 1.00 e. The van der Waals surface area contributed by atoms with Crippen molar-refractivity contribution in [2.45, 2.75) is 356 Å². The molecule has 3 saturated carbocycles. The monoisotopic (exact) mass is 2640 g/mol. The van der Waals surface area contributed by atoms with Gasteiger partial charge in [-0.25, -0.2) is 9.63 Å². The topological polar surface area (TPSA) is 374 Å². The second kappa shape index (κ2) is 86.2. The summed E-state index contributed by atoms with van der Waals surface area (Å²) in [7, 11) is 0. The Morgan fingerprint density at radius 2 is 0.799 bits per heavy atom. The van der Waals surface area contributed by atoms with Crippen molar-refractivity contribution in [1.82, 2.24) is 4.84 Å². The van der Waals surface area contributed by atoms with Gasteiger partial charge in [-0.1, -0.05) is 107 Å². The molecule has 9 rings (SSSR count). The quantitative estimate of drug-likeness (QED) is 0.00229. The van der Waals surface area contributed by atoms with Gasteiger partial charge in [0.1, 0.15) is 74.7 Å². The van der Waals surface area contributed by atoms with Crippen molar-refractivity contribution in [2.75, 3.05) is 26.3 Å². The van der Waals surface area contributed by atoms with E-state index in [9.17, 15) is 83.6 Å². The number of benzene rings is 6. The van der Waals surface area contributed by atoms with Crippen LogP contribution in [0.25, 0.3) is 0 Å². The standard InChI is InChI=1S/C20H23F3O3.C17H23NO2.C15H21IO3.C12H12F3IO2.C9H11ClINO.C9H18O3.C8H12O.C6H5IO.C4H5F3O2.C4H8O2.C2H6.CH2O3.CH4.2K.H/c1-15(8-9-18(24)20(21,22)23)26-17-7-5-6-16(14-17)10-13-19(25)11-3-2-4-12-19;1-14(13-18)20-16-7-5-6-15(12-16)8-11-17(19)9-3-2-4-10-17;1-11(8-9-14(17)19-15(2,3)4)18-13-7-5-6-12(16)10-13;1-8(5-6-11(17)12(13,14)15)18-10-4-2-3-9(16)7-10;1-7(6-12-10)13-9-4-2-3-8(11)5-9;1-7(10)5-6-8(11)12-9(2,3)4;1-2-8(9)6-4-3-5-7-8;7-5-2-1-3-6(8)4-5;1-2-9-3(8)4(5,6)7;1-3-6-4(2)5;1-2;2-1-4-3;;;;/h5-7,14-15,25H,2-4,8-9,11-12H2,1H3;5-7,12,14,19H,2-4,9-10,13,18H2,1H3;5-7,10-11H,8-9H2,1-4H3;2-4,7-8H,5-6H2,1H3;2-5,7,12H,6H2,1H3;7,10H,5-6H2,1-4H3;1,9H,3-7H2;1-4,8H;2H2,1H3;3H2,1-2H3;1-2H3;1,3H;1H4;;;/q;;;;;;;;;;;;;2*+1;-1/p-1/t15-;14-;11-;8-;2*7-;;;;;;;;;;/m000001........../s1/i;;;;;;;;;;1D;;;;;. The fourth-order valence-corrected chi connectivity index (χ4v) is 14.2. The first kappa shape index (κ1) is 152. The molecule has 41 heteroatoms. The van der Waals surface area contributed by atoms with Crippen molar-refractivity contribution in [3.8, 4) is 70.5 Å². The number of aliphatic hydroxyl groups is 4. The summed E-state index contributed by atoms with van der Waals surface area (Å²) in [5.41, 5.74) is 3.74. The van der Waals surface area contributed by atoms with Crippen LogP contribution in [0.3, 0.4) is 0 Å². The fraction of sp³-hybridized carbons (Fsp3) is 0.546. The Kier molecular flexibility index (Phi) is 88.2. The van der Waals surface area contributed by atoms with Crippen molar-refractivity contribution < 1.29 is 257 Å². The van der Waals surface area contributed by atoms with E-state index >= 15 is 0 Å². The number of Topliss-reactive ketones (excluding diaryl/α,β-unsaturated/α-hetero) is 2. The predicted molar refractivity (Wildman–Crippen MR) is 585 cm³/mol. The summed E-state index contributed by atoms with van der Waals surface area (Å²) < 4.78 is 163. The molecular formula is C108H150ClF9I4K2N2O23. The van der Waals surface area contributed by atoms with Gasteiger partial charge in [0.15, 0.2) is 0 Å². The van der Waals surface area contributed by atoms with Gasteiger partial charge in [0.2, 0.25) is 11.6 Å². The van der Waals surface area contributed by atoms with Crippen LogP contribution in [0.5, 0.6) is 34.5 Å². The van der Waals surface area contributed by atoms with E-state index in [0.29, 0.717) is 81.5 Å². The van der Waals surface area contributed by atoms with Crippen molar-refractivity contribution in [3.63, 3.8) is 0 Å². The van der Waals surface area contributed by atoms with Crippen LogP contribution in [0.1, 0.15) is 287 Å². The van der Waals surface area contributed by atoms with Gasteiger partial charge in [-0.15, -0.1) is 6.42 Å². The molecule has 0 spiro atoms. The van der Waals surface area contributed by atoms with Crippen molar-refractivity contribution >= 4 is 144 Å². The molecule has 3 aliphatic rings. The van der Waals surface area contributed by atoms with Crippen LogP contribution in [0.15, 0.2) is 146 Å². The largest absolute Gasteiger partial charge is 1.00 e. The van der Waals surface area contributed by atoms with Crippen molar-refractivity contribution in [2.24, 2.45) is 5.73 Å². The first-order valence-electron chi connectivity index (χ1n) is 47.9. The third kappa shape index (κ3) is 87.8. The zero-order valence-corrected chi connectivity index (χ0v) is 103. The van der Waals surface area contributed by atoms with E-state index in [4.69, 9.17) is 78.7 Å². The molecule has 3 aliphatic carbocycles. The number of halogens is 14. The summed E-state index contributed by atoms with van der Waals surface area (Å²) in [6.45, 7) is 29.8. The van der Waals surface area contributed by atoms with Gasteiger partial charge in [0.25, 0.3) is 6.47 Å². The molecule has 149 heavy (non-hydrogen) atoms. The molecule has 25 nitrogen and oxygen atoms in total.